The van der Waals surface area contributed by atoms with E-state index in [0.29, 0.717) is 6.10 Å². The van der Waals surface area contributed by atoms with Crippen molar-refractivity contribution in [1.82, 2.24) is 4.98 Å². The summed E-state index contributed by atoms with van der Waals surface area (Å²) in [7, 11) is 0. The van der Waals surface area contributed by atoms with Gasteiger partial charge in [-0.05, 0) is 50.3 Å². The zero-order valence-electron chi connectivity index (χ0n) is 12.9. The van der Waals surface area contributed by atoms with Crippen LogP contribution in [0.2, 0.25) is 0 Å². The molecule has 1 heterocycles. The molecule has 0 aliphatic heterocycles. The number of aryl methyl sites for hydroxylation is 1. The summed E-state index contributed by atoms with van der Waals surface area (Å²) in [5.74, 6) is 1.76. The molecule has 0 bridgehead atoms. The van der Waals surface area contributed by atoms with Gasteiger partial charge in [0, 0.05) is 28.4 Å². The second-order valence-corrected chi connectivity index (χ2v) is 6.20. The van der Waals surface area contributed by atoms with Crippen LogP contribution < -0.4 is 10.5 Å². The van der Waals surface area contributed by atoms with E-state index < -0.39 is 0 Å². The number of pyridine rings is 1. The van der Waals surface area contributed by atoms with Crippen LogP contribution in [0.3, 0.4) is 0 Å². The molecule has 1 aromatic carbocycles. The van der Waals surface area contributed by atoms with Crippen molar-refractivity contribution < 1.29 is 4.74 Å². The topological polar surface area (TPSA) is 48.1 Å². The van der Waals surface area contributed by atoms with E-state index in [1.54, 1.807) is 0 Å². The Bertz CT molecular complexity index is 638. The van der Waals surface area contributed by atoms with Crippen molar-refractivity contribution in [3.63, 3.8) is 0 Å². The van der Waals surface area contributed by atoms with E-state index in [1.807, 2.05) is 25.3 Å². The van der Waals surface area contributed by atoms with E-state index in [4.69, 9.17) is 10.5 Å². The molecule has 2 atom stereocenters. The van der Waals surface area contributed by atoms with E-state index in [0.717, 1.165) is 40.2 Å². The summed E-state index contributed by atoms with van der Waals surface area (Å²) in [5, 5.41) is 2.07. The highest BCUT2D eigenvalue weighted by Gasteiger charge is 2.22. The summed E-state index contributed by atoms with van der Waals surface area (Å²) in [5.41, 5.74) is 7.81. The molecule has 1 aromatic heterocycles. The third-order valence-corrected chi connectivity index (χ3v) is 4.64. The number of rotatable bonds is 3. The van der Waals surface area contributed by atoms with Crippen LogP contribution in [0, 0.1) is 12.8 Å². The van der Waals surface area contributed by atoms with Gasteiger partial charge < -0.3 is 10.5 Å². The predicted molar refractivity (Wildman–Crippen MR) is 87.6 cm³/mol. The van der Waals surface area contributed by atoms with E-state index in [2.05, 4.69) is 18.0 Å². The fourth-order valence-corrected chi connectivity index (χ4v) is 3.34. The zero-order chi connectivity index (χ0) is 14.8. The van der Waals surface area contributed by atoms with Crippen LogP contribution in [0.15, 0.2) is 24.4 Å². The monoisotopic (exact) mass is 284 g/mol. The van der Waals surface area contributed by atoms with Crippen LogP contribution >= 0.6 is 0 Å². The molecule has 1 aliphatic carbocycles. The lowest BCUT2D eigenvalue weighted by molar-refractivity contribution is 0.123. The minimum atomic E-state index is 0.337. The summed E-state index contributed by atoms with van der Waals surface area (Å²) in [6.07, 6.45) is 8.40. The van der Waals surface area contributed by atoms with Crippen molar-refractivity contribution in [3.8, 4) is 5.75 Å². The van der Waals surface area contributed by atoms with E-state index >= 15 is 0 Å². The molecule has 1 fully saturated rings. The molecule has 0 radical (unpaired) electrons. The second kappa shape index (κ2) is 5.92. The normalized spacial score (nSPS) is 22.4. The number of ether oxygens (including phenoxy) is 1. The molecule has 3 nitrogen and oxygen atoms in total. The SMILES string of the molecule is CCC1CCCC(Oc2ccc(N)c3cnc(C)cc23)C1. The van der Waals surface area contributed by atoms with Gasteiger partial charge in [0.25, 0.3) is 0 Å². The van der Waals surface area contributed by atoms with E-state index in [1.165, 1.54) is 25.7 Å². The zero-order valence-corrected chi connectivity index (χ0v) is 12.9. The van der Waals surface area contributed by atoms with E-state index in [-0.39, 0.29) is 0 Å². The van der Waals surface area contributed by atoms with Gasteiger partial charge in [-0.25, -0.2) is 0 Å². The smallest absolute Gasteiger partial charge is 0.127 e. The first kappa shape index (κ1) is 14.2. The number of nitrogens with two attached hydrogens (primary N) is 1. The van der Waals surface area contributed by atoms with Crippen molar-refractivity contribution in [2.45, 2.75) is 52.1 Å². The lowest BCUT2D eigenvalue weighted by Crippen LogP contribution is -2.25. The maximum Gasteiger partial charge on any atom is 0.127 e. The number of nitrogens with zero attached hydrogens (tertiary/aromatic N) is 1. The molecule has 0 saturated heterocycles. The molecule has 21 heavy (non-hydrogen) atoms. The average molecular weight is 284 g/mol. The largest absolute Gasteiger partial charge is 0.490 e. The van der Waals surface area contributed by atoms with Gasteiger partial charge >= 0.3 is 0 Å². The summed E-state index contributed by atoms with van der Waals surface area (Å²) in [6, 6.07) is 6.00. The minimum absolute atomic E-state index is 0.337. The maximum atomic E-state index is 6.33. The standard InChI is InChI=1S/C18H24N2O/c1-3-13-5-4-6-14(10-13)21-18-8-7-17(19)16-11-20-12(2)9-15(16)18/h7-9,11,13-14H,3-6,10,19H2,1-2H3. The fourth-order valence-electron chi connectivity index (χ4n) is 3.34. The van der Waals surface area contributed by atoms with Gasteiger partial charge in [-0.15, -0.1) is 0 Å². The maximum absolute atomic E-state index is 6.33. The summed E-state index contributed by atoms with van der Waals surface area (Å²) in [6.45, 7) is 4.28. The summed E-state index contributed by atoms with van der Waals surface area (Å²) >= 11 is 0. The number of hydrogen-bond donors (Lipinski definition) is 1. The summed E-state index contributed by atoms with van der Waals surface area (Å²) in [4.78, 5) is 4.35. The van der Waals surface area contributed by atoms with E-state index in [9.17, 15) is 0 Å². The number of anilines is 1. The highest BCUT2D eigenvalue weighted by atomic mass is 16.5. The Labute approximate surface area is 126 Å². The van der Waals surface area contributed by atoms with Crippen molar-refractivity contribution in [1.29, 1.82) is 0 Å². The Morgan fingerprint density at radius 2 is 2.14 bits per heavy atom. The molecule has 1 saturated carbocycles. The first-order chi connectivity index (χ1) is 10.2. The number of benzene rings is 1. The highest BCUT2D eigenvalue weighted by molar-refractivity contribution is 5.96. The van der Waals surface area contributed by atoms with Gasteiger partial charge in [0.2, 0.25) is 0 Å². The van der Waals surface area contributed by atoms with Crippen LogP contribution in [-0.2, 0) is 0 Å². The van der Waals surface area contributed by atoms with Gasteiger partial charge in [-0.3, -0.25) is 4.98 Å². The van der Waals surface area contributed by atoms with Crippen molar-refractivity contribution >= 4 is 16.5 Å². The molecular formula is C18H24N2O. The van der Waals surface area contributed by atoms with Crippen LogP contribution in [0.25, 0.3) is 10.8 Å². The average Bonchev–Trinajstić information content (AvgIpc) is 2.50. The molecular weight excluding hydrogens is 260 g/mol. The van der Waals surface area contributed by atoms with Crippen LogP contribution in [0.1, 0.15) is 44.7 Å². The Morgan fingerprint density at radius 3 is 2.95 bits per heavy atom. The Kier molecular flexibility index (Phi) is 4.00. The van der Waals surface area contributed by atoms with Crippen molar-refractivity contribution in [2.24, 2.45) is 5.92 Å². The Hall–Kier alpha value is -1.77. The third-order valence-electron chi connectivity index (χ3n) is 4.64. The second-order valence-electron chi connectivity index (χ2n) is 6.20. The lowest BCUT2D eigenvalue weighted by atomic mass is 9.85. The van der Waals surface area contributed by atoms with Crippen molar-refractivity contribution in [2.75, 3.05) is 5.73 Å². The molecule has 2 N–H and O–H groups in total. The van der Waals surface area contributed by atoms with Crippen LogP contribution in [0.4, 0.5) is 5.69 Å². The first-order valence-corrected chi connectivity index (χ1v) is 7.99. The minimum Gasteiger partial charge on any atom is -0.490 e. The van der Waals surface area contributed by atoms with Crippen LogP contribution in [0.5, 0.6) is 5.75 Å². The number of aromatic nitrogens is 1. The summed E-state index contributed by atoms with van der Waals surface area (Å²) < 4.78 is 6.33. The molecule has 1 aliphatic rings. The Balaban J connectivity index is 1.90. The molecule has 112 valence electrons. The molecule has 3 rings (SSSR count). The third kappa shape index (κ3) is 2.97. The molecule has 3 heteroatoms. The predicted octanol–water partition coefficient (Wildman–Crippen LogP) is 4.47. The first-order valence-electron chi connectivity index (χ1n) is 7.99. The highest BCUT2D eigenvalue weighted by Crippen LogP contribution is 2.34. The van der Waals surface area contributed by atoms with Gasteiger partial charge in [-0.1, -0.05) is 19.8 Å². The van der Waals surface area contributed by atoms with Gasteiger partial charge in [0.15, 0.2) is 0 Å². The quantitative estimate of drug-likeness (QED) is 0.846. The molecule has 0 spiro atoms. The number of fused-ring (bicyclic) bond motifs is 1. The number of nitrogen functional groups attached to an aromatic ring is 1. The lowest BCUT2D eigenvalue weighted by Gasteiger charge is -2.29. The Morgan fingerprint density at radius 1 is 1.29 bits per heavy atom. The fraction of sp³-hybridized carbons (Fsp3) is 0.500. The molecule has 2 aromatic rings. The van der Waals surface area contributed by atoms with Gasteiger partial charge in [-0.2, -0.15) is 0 Å². The van der Waals surface area contributed by atoms with Crippen molar-refractivity contribution in [3.05, 3.63) is 30.1 Å². The molecule has 0 amide bonds. The molecule has 2 unspecified atom stereocenters. The van der Waals surface area contributed by atoms with Crippen LogP contribution in [-0.4, -0.2) is 11.1 Å². The van der Waals surface area contributed by atoms with Gasteiger partial charge in [0.1, 0.15) is 5.75 Å². The van der Waals surface area contributed by atoms with Gasteiger partial charge in [0.05, 0.1) is 6.10 Å². The number of hydrogen-bond acceptors (Lipinski definition) is 3.